The molecule has 0 saturated carbocycles. The van der Waals surface area contributed by atoms with Crippen molar-refractivity contribution in [3.8, 4) is 0 Å². The Morgan fingerprint density at radius 3 is 2.79 bits per heavy atom. The molecule has 1 unspecified atom stereocenters. The Labute approximate surface area is 165 Å². The van der Waals surface area contributed by atoms with Gasteiger partial charge in [-0.1, -0.05) is 32.0 Å². The van der Waals surface area contributed by atoms with E-state index in [1.54, 1.807) is 31.2 Å². The van der Waals surface area contributed by atoms with Crippen LogP contribution in [-0.2, 0) is 22.7 Å². The highest BCUT2D eigenvalue weighted by molar-refractivity contribution is 7.91. The lowest BCUT2D eigenvalue weighted by molar-refractivity contribution is 0.102. The van der Waals surface area contributed by atoms with Crippen LogP contribution in [0, 0.1) is 5.92 Å². The Morgan fingerprint density at radius 1 is 1.21 bits per heavy atom. The van der Waals surface area contributed by atoms with Crippen molar-refractivity contribution < 1.29 is 13.2 Å². The number of carbonyl (C=O) groups is 1. The highest BCUT2D eigenvalue weighted by atomic mass is 32.2. The number of rotatable bonds is 4. The number of hydrogen-bond donors (Lipinski definition) is 2. The number of nitrogens with one attached hydrogen (secondary N) is 2. The van der Waals surface area contributed by atoms with Crippen LogP contribution >= 0.6 is 0 Å². The molecule has 1 aliphatic carbocycles. The monoisotopic (exact) mass is 396 g/mol. The quantitative estimate of drug-likeness (QED) is 0.688. The van der Waals surface area contributed by atoms with E-state index in [-0.39, 0.29) is 16.6 Å². The fraction of sp³-hybridized carbons (Fsp3) is 0.318. The summed E-state index contributed by atoms with van der Waals surface area (Å²) in [5.74, 6) is 0.423. The lowest BCUT2D eigenvalue weighted by atomic mass is 9.87. The number of aromatic amines is 1. The number of fused-ring (bicyclic) bond motifs is 3. The fourth-order valence-corrected chi connectivity index (χ4v) is 4.86. The summed E-state index contributed by atoms with van der Waals surface area (Å²) in [6, 6.07) is 12.2. The number of anilines is 1. The zero-order valence-electron chi connectivity index (χ0n) is 16.1. The van der Waals surface area contributed by atoms with Crippen LogP contribution < -0.4 is 5.32 Å². The third-order valence-corrected chi connectivity index (χ3v) is 7.28. The molecule has 0 saturated heterocycles. The summed E-state index contributed by atoms with van der Waals surface area (Å²) in [4.78, 5) is 16.6. The number of carbonyl (C=O) groups excluding carboxylic acids is 1. The SMILES string of the molecule is CCS(=O)(=O)c1cccc(NC(=O)c2cccc3c4c([nH]c23)CCC(C)C4)c1. The van der Waals surface area contributed by atoms with Gasteiger partial charge in [0.1, 0.15) is 0 Å². The first-order valence-corrected chi connectivity index (χ1v) is 11.3. The van der Waals surface area contributed by atoms with E-state index in [1.807, 2.05) is 6.07 Å². The number of amides is 1. The number of sulfone groups is 1. The normalized spacial score (nSPS) is 16.7. The van der Waals surface area contributed by atoms with Gasteiger partial charge in [-0.25, -0.2) is 8.42 Å². The number of para-hydroxylation sites is 1. The van der Waals surface area contributed by atoms with E-state index < -0.39 is 9.84 Å². The standard InChI is InChI=1S/C22H24N2O3S/c1-3-28(26,27)16-7-4-6-15(13-16)23-22(25)18-9-5-8-17-19-12-14(2)10-11-20(19)24-21(17)18/h4-9,13-14,24H,3,10-12H2,1-2H3,(H,23,25). The van der Waals surface area contributed by atoms with Gasteiger partial charge in [0.15, 0.2) is 9.84 Å². The molecule has 0 fully saturated rings. The van der Waals surface area contributed by atoms with Crippen LogP contribution in [-0.4, -0.2) is 25.1 Å². The van der Waals surface area contributed by atoms with Crippen molar-refractivity contribution in [2.45, 2.75) is 38.0 Å². The molecular formula is C22H24N2O3S. The molecule has 6 heteroatoms. The van der Waals surface area contributed by atoms with Crippen molar-refractivity contribution in [3.63, 3.8) is 0 Å². The average Bonchev–Trinajstić information content (AvgIpc) is 3.06. The number of aromatic nitrogens is 1. The van der Waals surface area contributed by atoms with Crippen molar-refractivity contribution in [3.05, 3.63) is 59.3 Å². The molecule has 2 N–H and O–H groups in total. The smallest absolute Gasteiger partial charge is 0.257 e. The van der Waals surface area contributed by atoms with Crippen LogP contribution in [0.3, 0.4) is 0 Å². The summed E-state index contributed by atoms with van der Waals surface area (Å²) in [6.45, 7) is 3.87. The number of benzene rings is 2. The van der Waals surface area contributed by atoms with Gasteiger partial charge >= 0.3 is 0 Å². The van der Waals surface area contributed by atoms with Gasteiger partial charge in [-0.3, -0.25) is 4.79 Å². The van der Waals surface area contributed by atoms with Crippen LogP contribution in [0.2, 0.25) is 0 Å². The lowest BCUT2D eigenvalue weighted by Gasteiger charge is -2.17. The predicted octanol–water partition coefficient (Wildman–Crippen LogP) is 4.34. The van der Waals surface area contributed by atoms with E-state index >= 15 is 0 Å². The molecule has 4 rings (SSSR count). The minimum Gasteiger partial charge on any atom is -0.358 e. The second-order valence-electron chi connectivity index (χ2n) is 7.54. The van der Waals surface area contributed by atoms with Crippen molar-refractivity contribution >= 4 is 32.3 Å². The Balaban J connectivity index is 1.68. The zero-order valence-corrected chi connectivity index (χ0v) is 16.9. The van der Waals surface area contributed by atoms with Gasteiger partial charge < -0.3 is 10.3 Å². The third kappa shape index (κ3) is 3.33. The molecule has 2 aromatic carbocycles. The van der Waals surface area contributed by atoms with Gasteiger partial charge in [-0.15, -0.1) is 0 Å². The second kappa shape index (κ2) is 7.09. The second-order valence-corrected chi connectivity index (χ2v) is 9.82. The maximum Gasteiger partial charge on any atom is 0.257 e. The molecule has 0 spiro atoms. The van der Waals surface area contributed by atoms with Crippen LogP contribution in [0.5, 0.6) is 0 Å². The molecule has 3 aromatic rings. The van der Waals surface area contributed by atoms with Crippen LogP contribution in [0.4, 0.5) is 5.69 Å². The van der Waals surface area contributed by atoms with Gasteiger partial charge in [0, 0.05) is 16.8 Å². The van der Waals surface area contributed by atoms with E-state index in [4.69, 9.17) is 0 Å². The lowest BCUT2D eigenvalue weighted by Crippen LogP contribution is -2.13. The summed E-state index contributed by atoms with van der Waals surface area (Å²) in [6.07, 6.45) is 3.18. The Kier molecular flexibility index (Phi) is 4.75. The average molecular weight is 397 g/mol. The minimum absolute atomic E-state index is 0.0240. The van der Waals surface area contributed by atoms with E-state index in [0.29, 0.717) is 17.2 Å². The predicted molar refractivity (Wildman–Crippen MR) is 112 cm³/mol. The summed E-state index contributed by atoms with van der Waals surface area (Å²) in [7, 11) is -3.32. The number of H-pyrrole nitrogens is 1. The van der Waals surface area contributed by atoms with Crippen molar-refractivity contribution in [1.82, 2.24) is 4.98 Å². The third-order valence-electron chi connectivity index (χ3n) is 5.55. The largest absolute Gasteiger partial charge is 0.358 e. The van der Waals surface area contributed by atoms with Crippen molar-refractivity contribution in [2.24, 2.45) is 5.92 Å². The molecule has 0 radical (unpaired) electrons. The molecule has 28 heavy (non-hydrogen) atoms. The Morgan fingerprint density at radius 2 is 2.00 bits per heavy atom. The Hall–Kier alpha value is -2.60. The summed E-state index contributed by atoms with van der Waals surface area (Å²) < 4.78 is 24.2. The number of hydrogen-bond acceptors (Lipinski definition) is 3. The molecule has 1 heterocycles. The minimum atomic E-state index is -3.32. The topological polar surface area (TPSA) is 79.0 Å². The van der Waals surface area contributed by atoms with Gasteiger partial charge in [0.2, 0.25) is 0 Å². The molecule has 146 valence electrons. The molecule has 0 aliphatic heterocycles. The maximum absolute atomic E-state index is 13.0. The van der Waals surface area contributed by atoms with Crippen molar-refractivity contribution in [2.75, 3.05) is 11.1 Å². The van der Waals surface area contributed by atoms with Gasteiger partial charge in [0.05, 0.1) is 21.7 Å². The Bertz CT molecular complexity index is 1160. The highest BCUT2D eigenvalue weighted by Gasteiger charge is 2.22. The number of aryl methyl sites for hydroxylation is 1. The zero-order chi connectivity index (χ0) is 19.9. The van der Waals surface area contributed by atoms with Gasteiger partial charge in [-0.2, -0.15) is 0 Å². The first-order chi connectivity index (χ1) is 13.4. The van der Waals surface area contributed by atoms with Crippen molar-refractivity contribution in [1.29, 1.82) is 0 Å². The summed E-state index contributed by atoms with van der Waals surface area (Å²) in [5.41, 5.74) is 4.45. The first kappa shape index (κ1) is 18.7. The highest BCUT2D eigenvalue weighted by Crippen LogP contribution is 2.33. The van der Waals surface area contributed by atoms with E-state index in [2.05, 4.69) is 23.3 Å². The van der Waals surface area contributed by atoms with Crippen LogP contribution in [0.25, 0.3) is 10.9 Å². The fourth-order valence-electron chi connectivity index (χ4n) is 3.94. The first-order valence-electron chi connectivity index (χ1n) is 9.65. The van der Waals surface area contributed by atoms with Gasteiger partial charge in [0.25, 0.3) is 5.91 Å². The molecule has 1 atom stereocenters. The molecule has 1 amide bonds. The molecule has 0 bridgehead atoms. The maximum atomic E-state index is 13.0. The summed E-state index contributed by atoms with van der Waals surface area (Å²) >= 11 is 0. The van der Waals surface area contributed by atoms with Crippen LogP contribution in [0.15, 0.2) is 47.4 Å². The molecular weight excluding hydrogens is 372 g/mol. The van der Waals surface area contributed by atoms with Gasteiger partial charge in [-0.05, 0) is 55.0 Å². The summed E-state index contributed by atoms with van der Waals surface area (Å²) in [5, 5.41) is 3.96. The molecule has 5 nitrogen and oxygen atoms in total. The molecule has 1 aromatic heterocycles. The van der Waals surface area contributed by atoms with Crippen LogP contribution in [0.1, 0.15) is 41.9 Å². The molecule has 1 aliphatic rings. The van der Waals surface area contributed by atoms with E-state index in [0.717, 1.165) is 30.2 Å². The van der Waals surface area contributed by atoms with E-state index in [1.165, 1.54) is 17.3 Å². The van der Waals surface area contributed by atoms with E-state index in [9.17, 15) is 13.2 Å².